The quantitative estimate of drug-likeness (QED) is 0.890. The Morgan fingerprint density at radius 2 is 1.88 bits per heavy atom. The van der Waals surface area contributed by atoms with Crippen LogP contribution in [-0.2, 0) is 6.42 Å². The van der Waals surface area contributed by atoms with Crippen molar-refractivity contribution in [2.45, 2.75) is 6.42 Å². The Kier molecular flexibility index (Phi) is 3.24. The van der Waals surface area contributed by atoms with Gasteiger partial charge in [-0.2, -0.15) is 0 Å². The van der Waals surface area contributed by atoms with Crippen molar-refractivity contribution in [1.82, 2.24) is 0 Å². The minimum Gasteiger partial charge on any atom is -0.496 e. The fourth-order valence-electron chi connectivity index (χ4n) is 1.89. The number of rotatable bonds is 3. The molecule has 4 heteroatoms. The summed E-state index contributed by atoms with van der Waals surface area (Å²) in [4.78, 5) is 0. The maximum absolute atomic E-state index is 13.7. The molecular formula is C13H13F2NO. The molecular weight excluding hydrogens is 224 g/mol. The van der Waals surface area contributed by atoms with E-state index >= 15 is 0 Å². The lowest BCUT2D eigenvalue weighted by Crippen LogP contribution is -2.03. The molecule has 0 heterocycles. The summed E-state index contributed by atoms with van der Waals surface area (Å²) >= 11 is 0. The van der Waals surface area contributed by atoms with Gasteiger partial charge in [-0.25, -0.2) is 8.78 Å². The maximum Gasteiger partial charge on any atom is 0.134 e. The molecule has 90 valence electrons. The normalized spacial score (nSPS) is 10.8. The number of methoxy groups -OCH3 is 1. The molecule has 0 saturated carbocycles. The molecule has 2 aromatic carbocycles. The minimum atomic E-state index is -0.611. The first-order valence-corrected chi connectivity index (χ1v) is 5.31. The molecule has 0 unspecified atom stereocenters. The molecule has 2 aromatic rings. The van der Waals surface area contributed by atoms with E-state index in [1.54, 1.807) is 12.1 Å². The molecule has 2 nitrogen and oxygen atoms in total. The summed E-state index contributed by atoms with van der Waals surface area (Å²) in [6.07, 6.45) is 0.628. The molecule has 0 aliphatic heterocycles. The molecule has 2 N–H and O–H groups in total. The van der Waals surface area contributed by atoms with E-state index in [-0.39, 0.29) is 0 Å². The summed E-state index contributed by atoms with van der Waals surface area (Å²) in [6, 6.07) is 5.57. The second kappa shape index (κ2) is 4.67. The van der Waals surface area contributed by atoms with Gasteiger partial charge in [0.05, 0.1) is 7.11 Å². The maximum atomic E-state index is 13.7. The van der Waals surface area contributed by atoms with Crippen LogP contribution in [0, 0.1) is 11.6 Å². The first-order chi connectivity index (χ1) is 8.15. The topological polar surface area (TPSA) is 35.2 Å². The number of benzene rings is 2. The lowest BCUT2D eigenvalue weighted by atomic mass is 10.0. The van der Waals surface area contributed by atoms with Crippen LogP contribution in [0.2, 0.25) is 0 Å². The Labute approximate surface area is 98.0 Å². The summed E-state index contributed by atoms with van der Waals surface area (Å²) in [5.74, 6) is -0.735. The first kappa shape index (κ1) is 11.8. The third kappa shape index (κ3) is 2.22. The van der Waals surface area contributed by atoms with E-state index < -0.39 is 11.6 Å². The van der Waals surface area contributed by atoms with Gasteiger partial charge in [-0.05, 0) is 36.7 Å². The van der Waals surface area contributed by atoms with E-state index in [9.17, 15) is 8.78 Å². The van der Waals surface area contributed by atoms with Gasteiger partial charge in [0, 0.05) is 16.8 Å². The highest BCUT2D eigenvalue weighted by Crippen LogP contribution is 2.30. The fourth-order valence-corrected chi connectivity index (χ4v) is 1.89. The van der Waals surface area contributed by atoms with Crippen LogP contribution in [0.25, 0.3) is 10.8 Å². The van der Waals surface area contributed by atoms with Gasteiger partial charge in [-0.1, -0.05) is 0 Å². The highest BCUT2D eigenvalue weighted by atomic mass is 19.1. The largest absolute Gasteiger partial charge is 0.496 e. The zero-order valence-corrected chi connectivity index (χ0v) is 9.47. The van der Waals surface area contributed by atoms with Crippen LogP contribution in [0.5, 0.6) is 5.75 Å². The van der Waals surface area contributed by atoms with E-state index in [4.69, 9.17) is 10.5 Å². The molecule has 2 rings (SSSR count). The lowest BCUT2D eigenvalue weighted by Gasteiger charge is -2.09. The summed E-state index contributed by atoms with van der Waals surface area (Å²) in [7, 11) is 1.48. The van der Waals surface area contributed by atoms with Gasteiger partial charge in [0.15, 0.2) is 0 Å². The van der Waals surface area contributed by atoms with Gasteiger partial charge in [-0.15, -0.1) is 0 Å². The summed E-state index contributed by atoms with van der Waals surface area (Å²) in [6.45, 7) is 0.470. The van der Waals surface area contributed by atoms with Gasteiger partial charge in [-0.3, -0.25) is 0 Å². The molecule has 0 amide bonds. The second-order valence-electron chi connectivity index (χ2n) is 3.82. The molecule has 0 spiro atoms. The van der Waals surface area contributed by atoms with Crippen molar-refractivity contribution in [2.75, 3.05) is 13.7 Å². The van der Waals surface area contributed by atoms with Crippen molar-refractivity contribution in [3.8, 4) is 5.75 Å². The van der Waals surface area contributed by atoms with Crippen molar-refractivity contribution in [1.29, 1.82) is 0 Å². The van der Waals surface area contributed by atoms with E-state index in [1.165, 1.54) is 13.2 Å². The lowest BCUT2D eigenvalue weighted by molar-refractivity contribution is 0.419. The van der Waals surface area contributed by atoms with Crippen LogP contribution in [-0.4, -0.2) is 13.7 Å². The summed E-state index contributed by atoms with van der Waals surface area (Å²) < 4.78 is 32.0. The van der Waals surface area contributed by atoms with Crippen LogP contribution in [0.15, 0.2) is 24.3 Å². The van der Waals surface area contributed by atoms with Crippen LogP contribution >= 0.6 is 0 Å². The SMILES string of the molecule is COc1cc(CCN)cc2c(F)cc(F)cc12. The summed E-state index contributed by atoms with van der Waals surface area (Å²) in [5, 5.41) is 0.792. The minimum absolute atomic E-state index is 0.356. The monoisotopic (exact) mass is 237 g/mol. The van der Waals surface area contributed by atoms with E-state index in [1.807, 2.05) is 0 Å². The van der Waals surface area contributed by atoms with E-state index in [0.717, 1.165) is 11.6 Å². The molecule has 0 aliphatic carbocycles. The van der Waals surface area contributed by atoms with Gasteiger partial charge in [0.1, 0.15) is 17.4 Å². The number of ether oxygens (including phenoxy) is 1. The number of hydrogen-bond donors (Lipinski definition) is 1. The molecule has 0 atom stereocenters. The third-order valence-corrected chi connectivity index (χ3v) is 2.66. The third-order valence-electron chi connectivity index (χ3n) is 2.66. The van der Waals surface area contributed by atoms with Crippen molar-refractivity contribution in [2.24, 2.45) is 5.73 Å². The highest BCUT2D eigenvalue weighted by molar-refractivity contribution is 5.89. The predicted molar refractivity (Wildman–Crippen MR) is 63.2 cm³/mol. The van der Waals surface area contributed by atoms with E-state index in [0.29, 0.717) is 29.5 Å². The van der Waals surface area contributed by atoms with Gasteiger partial charge < -0.3 is 10.5 Å². The van der Waals surface area contributed by atoms with E-state index in [2.05, 4.69) is 0 Å². The van der Waals surface area contributed by atoms with Gasteiger partial charge >= 0.3 is 0 Å². The Balaban J connectivity index is 2.73. The molecule has 0 saturated heterocycles. The molecule has 17 heavy (non-hydrogen) atoms. The Hall–Kier alpha value is -1.68. The van der Waals surface area contributed by atoms with Crippen LogP contribution in [0.3, 0.4) is 0 Å². The first-order valence-electron chi connectivity index (χ1n) is 5.31. The Morgan fingerprint density at radius 3 is 2.53 bits per heavy atom. The van der Waals surface area contributed by atoms with Crippen LogP contribution < -0.4 is 10.5 Å². The molecule has 0 aliphatic rings. The average molecular weight is 237 g/mol. The Bertz CT molecular complexity index is 555. The Morgan fingerprint density at radius 1 is 1.12 bits per heavy atom. The standard InChI is InChI=1S/C13H13F2NO/c1-17-13-5-8(2-3-16)4-10-11(13)6-9(14)7-12(10)15/h4-7H,2-3,16H2,1H3. The number of nitrogens with two attached hydrogens (primary N) is 1. The molecule has 0 aromatic heterocycles. The van der Waals surface area contributed by atoms with Crippen LogP contribution in [0.1, 0.15) is 5.56 Å². The zero-order valence-electron chi connectivity index (χ0n) is 9.47. The molecule has 0 fully saturated rings. The molecule has 0 radical (unpaired) electrons. The zero-order chi connectivity index (χ0) is 12.4. The highest BCUT2D eigenvalue weighted by Gasteiger charge is 2.10. The fraction of sp³-hybridized carbons (Fsp3) is 0.231. The number of halogens is 2. The molecule has 0 bridgehead atoms. The smallest absolute Gasteiger partial charge is 0.134 e. The van der Waals surface area contributed by atoms with Crippen LogP contribution in [0.4, 0.5) is 8.78 Å². The number of fused-ring (bicyclic) bond motifs is 1. The van der Waals surface area contributed by atoms with Crippen molar-refractivity contribution >= 4 is 10.8 Å². The van der Waals surface area contributed by atoms with Gasteiger partial charge in [0.25, 0.3) is 0 Å². The van der Waals surface area contributed by atoms with Gasteiger partial charge in [0.2, 0.25) is 0 Å². The van der Waals surface area contributed by atoms with Crippen molar-refractivity contribution in [3.05, 3.63) is 41.5 Å². The second-order valence-corrected chi connectivity index (χ2v) is 3.82. The van der Waals surface area contributed by atoms with Crippen molar-refractivity contribution in [3.63, 3.8) is 0 Å². The average Bonchev–Trinajstić information content (AvgIpc) is 2.29. The van der Waals surface area contributed by atoms with Crippen molar-refractivity contribution < 1.29 is 13.5 Å². The predicted octanol–water partition coefficient (Wildman–Crippen LogP) is 2.63. The number of hydrogen-bond acceptors (Lipinski definition) is 2. The summed E-state index contributed by atoms with van der Waals surface area (Å²) in [5.41, 5.74) is 6.34.